The molecule has 3 rings (SSSR count). The van der Waals surface area contributed by atoms with E-state index in [1.807, 2.05) is 13.8 Å². The van der Waals surface area contributed by atoms with Gasteiger partial charge in [-0.2, -0.15) is 0 Å². The zero-order chi connectivity index (χ0) is 27.0. The standard InChI is InChI=1S/C27H36FN3O5/c1-16-14-17(8-10-18(16)28)9-11-20(32)21-22(33)24(34)31-15-27(5,6)13-12-19(23(31)29-21)30(7)25(35)36-26(2,3)4/h8,10,14,19,33H,9,11-13,15H2,1-7H3. The second kappa shape index (κ2) is 10.0. The van der Waals surface area contributed by atoms with Gasteiger partial charge in [-0.1, -0.05) is 26.0 Å². The summed E-state index contributed by atoms with van der Waals surface area (Å²) in [6.45, 7) is 11.2. The molecule has 0 spiro atoms. The Balaban J connectivity index is 1.99. The number of ether oxygens (including phenoxy) is 1. The van der Waals surface area contributed by atoms with E-state index in [4.69, 9.17) is 4.74 Å². The van der Waals surface area contributed by atoms with E-state index in [0.29, 0.717) is 24.8 Å². The van der Waals surface area contributed by atoms with Gasteiger partial charge in [0.2, 0.25) is 5.75 Å². The number of rotatable bonds is 5. The van der Waals surface area contributed by atoms with Crippen molar-refractivity contribution < 1.29 is 23.8 Å². The first-order chi connectivity index (χ1) is 16.6. The van der Waals surface area contributed by atoms with E-state index in [1.165, 1.54) is 15.5 Å². The Hall–Kier alpha value is -3.23. The Morgan fingerprint density at radius 2 is 1.97 bits per heavy atom. The van der Waals surface area contributed by atoms with Gasteiger partial charge in [-0.25, -0.2) is 14.2 Å². The van der Waals surface area contributed by atoms with Gasteiger partial charge in [-0.05, 0) is 69.6 Å². The summed E-state index contributed by atoms with van der Waals surface area (Å²) in [5, 5.41) is 10.7. The van der Waals surface area contributed by atoms with Crippen LogP contribution < -0.4 is 5.56 Å². The number of carbonyl (C=O) groups is 2. The van der Waals surface area contributed by atoms with Crippen LogP contribution in [0.3, 0.4) is 0 Å². The fourth-order valence-corrected chi connectivity index (χ4v) is 4.39. The smallest absolute Gasteiger partial charge is 0.410 e. The average Bonchev–Trinajstić information content (AvgIpc) is 2.90. The third-order valence-corrected chi connectivity index (χ3v) is 6.43. The summed E-state index contributed by atoms with van der Waals surface area (Å²) < 4.78 is 20.5. The minimum atomic E-state index is -0.711. The van der Waals surface area contributed by atoms with Gasteiger partial charge in [0.15, 0.2) is 11.5 Å². The van der Waals surface area contributed by atoms with Gasteiger partial charge in [0.25, 0.3) is 5.56 Å². The quantitative estimate of drug-likeness (QED) is 0.583. The number of carbonyl (C=O) groups excluding carboxylic acids is 2. The molecule has 2 heterocycles. The van der Waals surface area contributed by atoms with Crippen molar-refractivity contribution in [3.05, 3.63) is 57.0 Å². The molecule has 36 heavy (non-hydrogen) atoms. The van der Waals surface area contributed by atoms with Crippen LogP contribution >= 0.6 is 0 Å². The molecule has 0 saturated heterocycles. The molecular weight excluding hydrogens is 465 g/mol. The number of nitrogens with zero attached hydrogens (tertiary/aromatic N) is 3. The summed E-state index contributed by atoms with van der Waals surface area (Å²) in [6, 6.07) is 3.98. The van der Waals surface area contributed by atoms with Gasteiger partial charge in [0.05, 0.1) is 6.04 Å². The Morgan fingerprint density at radius 1 is 1.31 bits per heavy atom. The molecule has 1 N–H and O–H groups in total. The number of amides is 1. The lowest BCUT2D eigenvalue weighted by molar-refractivity contribution is 0.0198. The van der Waals surface area contributed by atoms with Crippen molar-refractivity contribution in [1.29, 1.82) is 0 Å². The van der Waals surface area contributed by atoms with Crippen molar-refractivity contribution in [3.8, 4) is 5.75 Å². The number of halogens is 1. The fraction of sp³-hybridized carbons (Fsp3) is 0.556. The first kappa shape index (κ1) is 27.4. The number of aromatic hydroxyl groups is 1. The lowest BCUT2D eigenvalue weighted by Gasteiger charge is -2.30. The Kier molecular flexibility index (Phi) is 7.62. The van der Waals surface area contributed by atoms with E-state index in [0.717, 1.165) is 5.56 Å². The average molecular weight is 502 g/mol. The largest absolute Gasteiger partial charge is 0.501 e. The number of Topliss-reactive ketones (excluding diaryl/α,β-unsaturated/α-hetero) is 1. The molecule has 0 aliphatic carbocycles. The summed E-state index contributed by atoms with van der Waals surface area (Å²) in [6.07, 6.45) is 0.894. The number of ketones is 1. The van der Waals surface area contributed by atoms with Crippen LogP contribution in [0.5, 0.6) is 5.75 Å². The molecule has 1 amide bonds. The summed E-state index contributed by atoms with van der Waals surface area (Å²) in [4.78, 5) is 45.1. The topological polar surface area (TPSA) is 102 Å². The SMILES string of the molecule is Cc1cc(CCC(=O)c2nc3n(c(=O)c2O)CC(C)(C)CCC3N(C)C(=O)OC(C)(C)C)ccc1F. The molecule has 0 fully saturated rings. The second-order valence-corrected chi connectivity index (χ2v) is 11.4. The van der Waals surface area contributed by atoms with Crippen LogP contribution in [0.15, 0.2) is 23.0 Å². The van der Waals surface area contributed by atoms with Crippen LogP contribution in [0.25, 0.3) is 0 Å². The van der Waals surface area contributed by atoms with Crippen molar-refractivity contribution in [3.63, 3.8) is 0 Å². The van der Waals surface area contributed by atoms with Crippen LogP contribution in [0.4, 0.5) is 9.18 Å². The van der Waals surface area contributed by atoms with Crippen molar-refractivity contribution in [2.75, 3.05) is 7.05 Å². The van der Waals surface area contributed by atoms with E-state index in [9.17, 15) is 23.9 Å². The molecule has 0 saturated carbocycles. The monoisotopic (exact) mass is 501 g/mol. The summed E-state index contributed by atoms with van der Waals surface area (Å²) in [7, 11) is 1.58. The van der Waals surface area contributed by atoms with Crippen molar-refractivity contribution in [2.45, 2.75) is 85.4 Å². The fourth-order valence-electron chi connectivity index (χ4n) is 4.39. The van der Waals surface area contributed by atoms with E-state index in [1.54, 1.807) is 46.9 Å². The Bertz CT molecular complexity index is 1230. The number of hydrogen-bond acceptors (Lipinski definition) is 6. The van der Waals surface area contributed by atoms with Gasteiger partial charge in [0.1, 0.15) is 17.2 Å². The third-order valence-electron chi connectivity index (χ3n) is 6.43. The predicted octanol–water partition coefficient (Wildman–Crippen LogP) is 4.94. The van der Waals surface area contributed by atoms with Crippen LogP contribution in [-0.2, 0) is 17.7 Å². The van der Waals surface area contributed by atoms with Gasteiger partial charge in [-0.15, -0.1) is 0 Å². The van der Waals surface area contributed by atoms with Crippen LogP contribution in [0, 0.1) is 18.2 Å². The summed E-state index contributed by atoms with van der Waals surface area (Å²) in [5.41, 5.74) is -0.803. The van der Waals surface area contributed by atoms with Crippen molar-refractivity contribution >= 4 is 11.9 Å². The van der Waals surface area contributed by atoms with Crippen molar-refractivity contribution in [1.82, 2.24) is 14.5 Å². The maximum atomic E-state index is 13.6. The first-order valence-corrected chi connectivity index (χ1v) is 12.2. The van der Waals surface area contributed by atoms with Crippen LogP contribution in [0.1, 0.15) is 87.4 Å². The lowest BCUT2D eigenvalue weighted by Crippen LogP contribution is -2.39. The molecule has 9 heteroatoms. The minimum absolute atomic E-state index is 0.0212. The van der Waals surface area contributed by atoms with Crippen molar-refractivity contribution in [2.24, 2.45) is 5.41 Å². The maximum Gasteiger partial charge on any atom is 0.410 e. The van der Waals surface area contributed by atoms with Gasteiger partial charge in [-0.3, -0.25) is 14.2 Å². The molecule has 1 aromatic carbocycles. The highest BCUT2D eigenvalue weighted by molar-refractivity contribution is 5.96. The molecule has 1 aromatic heterocycles. The number of hydrogen-bond donors (Lipinski definition) is 1. The second-order valence-electron chi connectivity index (χ2n) is 11.4. The molecule has 2 aromatic rings. The van der Waals surface area contributed by atoms with E-state index in [2.05, 4.69) is 4.98 Å². The third kappa shape index (κ3) is 6.12. The number of benzene rings is 1. The Morgan fingerprint density at radius 3 is 2.58 bits per heavy atom. The lowest BCUT2D eigenvalue weighted by atomic mass is 9.87. The highest BCUT2D eigenvalue weighted by Crippen LogP contribution is 2.37. The van der Waals surface area contributed by atoms with E-state index in [-0.39, 0.29) is 35.7 Å². The molecule has 1 atom stereocenters. The molecule has 0 radical (unpaired) electrons. The van der Waals surface area contributed by atoms with Gasteiger partial charge in [0, 0.05) is 20.0 Å². The van der Waals surface area contributed by atoms with E-state index < -0.39 is 34.8 Å². The summed E-state index contributed by atoms with van der Waals surface area (Å²) in [5.74, 6) is -1.28. The number of aryl methyl sites for hydroxylation is 2. The minimum Gasteiger partial charge on any atom is -0.501 e. The highest BCUT2D eigenvalue weighted by atomic mass is 19.1. The molecule has 0 bridgehead atoms. The number of aromatic nitrogens is 2. The van der Waals surface area contributed by atoms with E-state index >= 15 is 0 Å². The summed E-state index contributed by atoms with van der Waals surface area (Å²) >= 11 is 0. The zero-order valence-corrected chi connectivity index (χ0v) is 22.1. The normalized spacial score (nSPS) is 17.2. The molecule has 1 aliphatic heterocycles. The highest BCUT2D eigenvalue weighted by Gasteiger charge is 2.37. The molecule has 1 aliphatic rings. The molecule has 8 nitrogen and oxygen atoms in total. The van der Waals surface area contributed by atoms with Gasteiger partial charge < -0.3 is 14.7 Å². The Labute approximate surface area is 211 Å². The van der Waals surface area contributed by atoms with Crippen LogP contribution in [0.2, 0.25) is 0 Å². The molecular formula is C27H36FN3O5. The zero-order valence-electron chi connectivity index (χ0n) is 22.1. The molecule has 1 unspecified atom stereocenters. The number of fused-ring (bicyclic) bond motifs is 1. The van der Waals surface area contributed by atoms with Gasteiger partial charge >= 0.3 is 6.09 Å². The maximum absolute atomic E-state index is 13.6. The van der Waals surface area contributed by atoms with Crippen LogP contribution in [-0.4, -0.2) is 44.1 Å². The molecule has 196 valence electrons. The predicted molar refractivity (Wildman–Crippen MR) is 134 cm³/mol. The first-order valence-electron chi connectivity index (χ1n) is 12.2.